The molecule has 0 aromatic carbocycles. The van der Waals surface area contributed by atoms with E-state index in [0.717, 1.165) is 24.4 Å². The summed E-state index contributed by atoms with van der Waals surface area (Å²) in [5, 5.41) is 3.50. The third-order valence-corrected chi connectivity index (χ3v) is 2.53. The summed E-state index contributed by atoms with van der Waals surface area (Å²) in [4.78, 5) is 0. The molecule has 0 saturated carbocycles. The SMILES string of the molecule is C=CCCC(C)NC(C)c1ccc(C)o1. The molecule has 0 saturated heterocycles. The topological polar surface area (TPSA) is 25.2 Å². The first kappa shape index (κ1) is 12.1. The van der Waals surface area contributed by atoms with E-state index < -0.39 is 0 Å². The molecule has 0 bridgehead atoms. The van der Waals surface area contributed by atoms with Crippen LogP contribution in [0, 0.1) is 6.92 Å². The second-order valence-corrected chi connectivity index (χ2v) is 4.10. The smallest absolute Gasteiger partial charge is 0.120 e. The molecular formula is C13H21NO. The van der Waals surface area contributed by atoms with Crippen LogP contribution < -0.4 is 5.32 Å². The highest BCUT2D eigenvalue weighted by molar-refractivity contribution is 5.09. The van der Waals surface area contributed by atoms with Gasteiger partial charge >= 0.3 is 0 Å². The molecule has 0 aliphatic heterocycles. The molecule has 0 aliphatic rings. The Morgan fingerprint density at radius 2 is 2.20 bits per heavy atom. The van der Waals surface area contributed by atoms with E-state index >= 15 is 0 Å². The maximum atomic E-state index is 5.57. The number of nitrogens with one attached hydrogen (secondary N) is 1. The molecule has 0 spiro atoms. The lowest BCUT2D eigenvalue weighted by Gasteiger charge is -2.17. The van der Waals surface area contributed by atoms with Gasteiger partial charge in [-0.2, -0.15) is 0 Å². The number of furan rings is 1. The summed E-state index contributed by atoms with van der Waals surface area (Å²) in [6.07, 6.45) is 4.13. The average Bonchev–Trinajstić information content (AvgIpc) is 2.61. The number of hydrogen-bond acceptors (Lipinski definition) is 2. The molecule has 2 unspecified atom stereocenters. The van der Waals surface area contributed by atoms with Crippen LogP contribution in [0.25, 0.3) is 0 Å². The average molecular weight is 207 g/mol. The first-order valence-electron chi connectivity index (χ1n) is 5.56. The summed E-state index contributed by atoms with van der Waals surface area (Å²) in [7, 11) is 0. The van der Waals surface area contributed by atoms with E-state index in [2.05, 4.69) is 25.7 Å². The first-order valence-corrected chi connectivity index (χ1v) is 5.56. The van der Waals surface area contributed by atoms with E-state index in [1.165, 1.54) is 0 Å². The zero-order valence-corrected chi connectivity index (χ0v) is 9.92. The summed E-state index contributed by atoms with van der Waals surface area (Å²) in [5.74, 6) is 1.98. The molecule has 2 heteroatoms. The highest BCUT2D eigenvalue weighted by atomic mass is 16.3. The minimum Gasteiger partial charge on any atom is -0.465 e. The van der Waals surface area contributed by atoms with Gasteiger partial charge in [-0.1, -0.05) is 6.08 Å². The quantitative estimate of drug-likeness (QED) is 0.721. The van der Waals surface area contributed by atoms with Crippen LogP contribution in [0.3, 0.4) is 0 Å². The van der Waals surface area contributed by atoms with Crippen molar-refractivity contribution in [2.24, 2.45) is 0 Å². The minimum atomic E-state index is 0.276. The van der Waals surface area contributed by atoms with Gasteiger partial charge in [0, 0.05) is 6.04 Å². The Kier molecular flexibility index (Phi) is 4.63. The lowest BCUT2D eigenvalue weighted by Crippen LogP contribution is -2.28. The molecule has 84 valence electrons. The number of aryl methyl sites for hydroxylation is 1. The van der Waals surface area contributed by atoms with Crippen LogP contribution in [0.4, 0.5) is 0 Å². The molecule has 0 fully saturated rings. The zero-order chi connectivity index (χ0) is 11.3. The van der Waals surface area contributed by atoms with Crippen LogP contribution in [0.2, 0.25) is 0 Å². The fourth-order valence-corrected chi connectivity index (χ4v) is 1.65. The Balaban J connectivity index is 2.41. The number of rotatable bonds is 6. The second-order valence-electron chi connectivity index (χ2n) is 4.10. The first-order chi connectivity index (χ1) is 7.13. The van der Waals surface area contributed by atoms with E-state index in [4.69, 9.17) is 4.42 Å². The second kappa shape index (κ2) is 5.76. The van der Waals surface area contributed by atoms with E-state index in [1.54, 1.807) is 0 Å². The molecule has 1 heterocycles. The van der Waals surface area contributed by atoms with Gasteiger partial charge in [0.1, 0.15) is 11.5 Å². The van der Waals surface area contributed by atoms with Crippen LogP contribution in [-0.2, 0) is 0 Å². The van der Waals surface area contributed by atoms with Crippen molar-refractivity contribution < 1.29 is 4.42 Å². The molecule has 1 aromatic heterocycles. The summed E-state index contributed by atoms with van der Waals surface area (Å²) in [6, 6.07) is 4.80. The molecule has 0 aliphatic carbocycles. The van der Waals surface area contributed by atoms with E-state index in [1.807, 2.05) is 25.1 Å². The monoisotopic (exact) mass is 207 g/mol. The minimum absolute atomic E-state index is 0.276. The molecule has 1 N–H and O–H groups in total. The van der Waals surface area contributed by atoms with Crippen LogP contribution >= 0.6 is 0 Å². The van der Waals surface area contributed by atoms with Gasteiger partial charge in [0.05, 0.1) is 6.04 Å². The van der Waals surface area contributed by atoms with Gasteiger partial charge in [-0.3, -0.25) is 0 Å². The summed E-state index contributed by atoms with van der Waals surface area (Å²) in [5.41, 5.74) is 0. The summed E-state index contributed by atoms with van der Waals surface area (Å²) < 4.78 is 5.57. The lowest BCUT2D eigenvalue weighted by atomic mass is 10.1. The molecule has 1 rings (SSSR count). The molecule has 1 aromatic rings. The van der Waals surface area contributed by atoms with Crippen molar-refractivity contribution in [1.82, 2.24) is 5.32 Å². The zero-order valence-electron chi connectivity index (χ0n) is 9.92. The molecule has 15 heavy (non-hydrogen) atoms. The summed E-state index contributed by atoms with van der Waals surface area (Å²) in [6.45, 7) is 10.0. The predicted molar refractivity (Wildman–Crippen MR) is 63.9 cm³/mol. The van der Waals surface area contributed by atoms with Gasteiger partial charge in [0.15, 0.2) is 0 Å². The van der Waals surface area contributed by atoms with Crippen molar-refractivity contribution in [1.29, 1.82) is 0 Å². The maximum Gasteiger partial charge on any atom is 0.120 e. The van der Waals surface area contributed by atoms with Crippen molar-refractivity contribution in [3.63, 3.8) is 0 Å². The Hall–Kier alpha value is -1.02. The van der Waals surface area contributed by atoms with E-state index in [0.29, 0.717) is 6.04 Å². The highest BCUT2D eigenvalue weighted by Crippen LogP contribution is 2.16. The molecular weight excluding hydrogens is 186 g/mol. The lowest BCUT2D eigenvalue weighted by molar-refractivity contribution is 0.381. The largest absolute Gasteiger partial charge is 0.465 e. The molecule has 2 nitrogen and oxygen atoms in total. The number of hydrogen-bond donors (Lipinski definition) is 1. The van der Waals surface area contributed by atoms with Crippen molar-refractivity contribution in [3.05, 3.63) is 36.3 Å². The Morgan fingerprint density at radius 3 is 2.73 bits per heavy atom. The fourth-order valence-electron chi connectivity index (χ4n) is 1.65. The van der Waals surface area contributed by atoms with E-state index in [9.17, 15) is 0 Å². The third-order valence-electron chi connectivity index (χ3n) is 2.53. The molecule has 0 amide bonds. The predicted octanol–water partition coefficient (Wildman–Crippen LogP) is 3.59. The molecule has 0 radical (unpaired) electrons. The fraction of sp³-hybridized carbons (Fsp3) is 0.538. The van der Waals surface area contributed by atoms with Crippen LogP contribution in [0.1, 0.15) is 44.3 Å². The van der Waals surface area contributed by atoms with Gasteiger partial charge in [-0.05, 0) is 45.7 Å². The van der Waals surface area contributed by atoms with Gasteiger partial charge in [-0.15, -0.1) is 6.58 Å². The highest BCUT2D eigenvalue weighted by Gasteiger charge is 2.11. The van der Waals surface area contributed by atoms with Crippen molar-refractivity contribution in [2.75, 3.05) is 0 Å². The Morgan fingerprint density at radius 1 is 1.47 bits per heavy atom. The van der Waals surface area contributed by atoms with Gasteiger partial charge in [0.2, 0.25) is 0 Å². The third kappa shape index (κ3) is 3.92. The maximum absolute atomic E-state index is 5.57. The summed E-state index contributed by atoms with van der Waals surface area (Å²) >= 11 is 0. The van der Waals surface area contributed by atoms with Crippen molar-refractivity contribution >= 4 is 0 Å². The Labute approximate surface area is 92.4 Å². The van der Waals surface area contributed by atoms with Crippen molar-refractivity contribution in [3.8, 4) is 0 Å². The van der Waals surface area contributed by atoms with Crippen molar-refractivity contribution in [2.45, 2.75) is 45.7 Å². The van der Waals surface area contributed by atoms with Gasteiger partial charge < -0.3 is 9.73 Å². The number of allylic oxidation sites excluding steroid dienone is 1. The van der Waals surface area contributed by atoms with Crippen LogP contribution in [0.5, 0.6) is 0 Å². The van der Waals surface area contributed by atoms with Crippen LogP contribution in [0.15, 0.2) is 29.2 Å². The standard InChI is InChI=1S/C13H21NO/c1-5-6-7-10(2)14-12(4)13-9-8-11(3)15-13/h5,8-10,12,14H,1,6-7H2,2-4H3. The van der Waals surface area contributed by atoms with Gasteiger partial charge in [-0.25, -0.2) is 0 Å². The van der Waals surface area contributed by atoms with Gasteiger partial charge in [0.25, 0.3) is 0 Å². The van der Waals surface area contributed by atoms with Crippen LogP contribution in [-0.4, -0.2) is 6.04 Å². The normalized spacial score (nSPS) is 14.9. The van der Waals surface area contributed by atoms with E-state index in [-0.39, 0.29) is 6.04 Å². The molecule has 2 atom stereocenters. The Bertz CT molecular complexity index is 303.